The van der Waals surface area contributed by atoms with E-state index in [-0.39, 0.29) is 5.02 Å². The second-order valence-electron chi connectivity index (χ2n) is 5.37. The standard InChI is InChI=1S/C16H15ClF3NO2S/c1-11(2)21(13-6-4-3-5-7-13)24(22,23)15-10-12(16(18,19)20)8-9-14(15)17/h3-11H,1-2H3. The van der Waals surface area contributed by atoms with E-state index in [4.69, 9.17) is 11.6 Å². The summed E-state index contributed by atoms with van der Waals surface area (Å²) >= 11 is 5.89. The average molecular weight is 378 g/mol. The van der Waals surface area contributed by atoms with Gasteiger partial charge in [0.1, 0.15) is 4.90 Å². The van der Waals surface area contributed by atoms with Gasteiger partial charge in [0.25, 0.3) is 10.0 Å². The Kier molecular flexibility index (Phi) is 5.15. The zero-order valence-corrected chi connectivity index (χ0v) is 14.5. The van der Waals surface area contributed by atoms with Gasteiger partial charge in [-0.05, 0) is 44.2 Å². The van der Waals surface area contributed by atoms with E-state index in [0.717, 1.165) is 16.4 Å². The third-order valence-electron chi connectivity index (χ3n) is 3.28. The highest BCUT2D eigenvalue weighted by Gasteiger charge is 2.35. The number of halogens is 4. The van der Waals surface area contributed by atoms with E-state index in [2.05, 4.69) is 0 Å². The Bertz CT molecular complexity index is 821. The molecule has 0 heterocycles. The minimum Gasteiger partial charge on any atom is -0.264 e. The molecule has 0 saturated carbocycles. The zero-order valence-electron chi connectivity index (χ0n) is 12.9. The van der Waals surface area contributed by atoms with Crippen LogP contribution in [0.4, 0.5) is 18.9 Å². The maximum Gasteiger partial charge on any atom is 0.416 e. The quantitative estimate of drug-likeness (QED) is 0.755. The number of benzene rings is 2. The fourth-order valence-corrected chi connectivity index (χ4v) is 4.44. The summed E-state index contributed by atoms with van der Waals surface area (Å²) in [7, 11) is -4.27. The molecular weight excluding hydrogens is 363 g/mol. The van der Waals surface area contributed by atoms with E-state index < -0.39 is 32.7 Å². The van der Waals surface area contributed by atoms with E-state index >= 15 is 0 Å². The van der Waals surface area contributed by atoms with Crippen molar-refractivity contribution in [2.75, 3.05) is 4.31 Å². The van der Waals surface area contributed by atoms with Crippen LogP contribution in [0.1, 0.15) is 19.4 Å². The molecule has 0 aliphatic rings. The molecule has 0 bridgehead atoms. The number of nitrogens with zero attached hydrogens (tertiary/aromatic N) is 1. The Hall–Kier alpha value is -1.73. The number of hydrogen-bond acceptors (Lipinski definition) is 2. The summed E-state index contributed by atoms with van der Waals surface area (Å²) in [6.45, 7) is 3.26. The van der Waals surface area contributed by atoms with E-state index in [9.17, 15) is 21.6 Å². The van der Waals surface area contributed by atoms with E-state index in [0.29, 0.717) is 11.8 Å². The molecule has 130 valence electrons. The smallest absolute Gasteiger partial charge is 0.264 e. The third-order valence-corrected chi connectivity index (χ3v) is 5.76. The highest BCUT2D eigenvalue weighted by Crippen LogP contribution is 2.36. The first-order chi connectivity index (χ1) is 11.0. The van der Waals surface area contributed by atoms with Crippen LogP contribution in [-0.4, -0.2) is 14.5 Å². The molecule has 0 N–H and O–H groups in total. The van der Waals surface area contributed by atoms with Gasteiger partial charge in [-0.1, -0.05) is 29.8 Å². The fraction of sp³-hybridized carbons (Fsp3) is 0.250. The van der Waals surface area contributed by atoms with Crippen LogP contribution in [0.2, 0.25) is 5.02 Å². The Morgan fingerprint density at radius 2 is 1.62 bits per heavy atom. The molecule has 3 nitrogen and oxygen atoms in total. The van der Waals surface area contributed by atoms with Crippen molar-refractivity contribution in [1.82, 2.24) is 0 Å². The van der Waals surface area contributed by atoms with Crippen molar-refractivity contribution in [1.29, 1.82) is 0 Å². The molecule has 2 rings (SSSR count). The number of anilines is 1. The van der Waals surface area contributed by atoms with Crippen molar-refractivity contribution >= 4 is 27.3 Å². The molecule has 0 atom stereocenters. The van der Waals surface area contributed by atoms with Gasteiger partial charge >= 0.3 is 6.18 Å². The minimum absolute atomic E-state index is 0.260. The molecule has 0 saturated heterocycles. The molecule has 0 spiro atoms. The van der Waals surface area contributed by atoms with E-state index in [1.54, 1.807) is 44.2 Å². The van der Waals surface area contributed by atoms with Crippen LogP contribution in [0.15, 0.2) is 53.4 Å². The topological polar surface area (TPSA) is 37.4 Å². The number of para-hydroxylation sites is 1. The molecule has 2 aromatic carbocycles. The monoisotopic (exact) mass is 377 g/mol. The van der Waals surface area contributed by atoms with Crippen molar-refractivity contribution in [2.24, 2.45) is 0 Å². The summed E-state index contributed by atoms with van der Waals surface area (Å²) in [5, 5.41) is -0.260. The molecule has 0 aromatic heterocycles. The predicted octanol–water partition coefficient (Wildman–Crippen LogP) is 4.96. The molecule has 0 amide bonds. The molecule has 0 fully saturated rings. The van der Waals surface area contributed by atoms with Crippen molar-refractivity contribution in [3.63, 3.8) is 0 Å². The summed E-state index contributed by atoms with van der Waals surface area (Å²) in [5.41, 5.74) is -0.719. The fourth-order valence-electron chi connectivity index (χ4n) is 2.27. The summed E-state index contributed by atoms with van der Waals surface area (Å²) in [6, 6.07) is 9.90. The highest BCUT2D eigenvalue weighted by molar-refractivity contribution is 7.93. The van der Waals surface area contributed by atoms with Gasteiger partial charge in [0.15, 0.2) is 0 Å². The average Bonchev–Trinajstić information content (AvgIpc) is 2.46. The minimum atomic E-state index is -4.66. The Morgan fingerprint density at radius 3 is 2.12 bits per heavy atom. The van der Waals surface area contributed by atoms with Crippen molar-refractivity contribution in [3.8, 4) is 0 Å². The Morgan fingerprint density at radius 1 is 1.04 bits per heavy atom. The van der Waals surface area contributed by atoms with Crippen LogP contribution >= 0.6 is 11.6 Å². The molecule has 0 radical (unpaired) electrons. The van der Waals surface area contributed by atoms with Gasteiger partial charge in [-0.15, -0.1) is 0 Å². The van der Waals surface area contributed by atoms with Gasteiger partial charge in [0.2, 0.25) is 0 Å². The number of hydrogen-bond donors (Lipinski definition) is 0. The van der Waals surface area contributed by atoms with Crippen LogP contribution in [0, 0.1) is 0 Å². The van der Waals surface area contributed by atoms with Crippen molar-refractivity contribution < 1.29 is 21.6 Å². The molecule has 0 unspecified atom stereocenters. The first-order valence-corrected chi connectivity index (χ1v) is 8.83. The van der Waals surface area contributed by atoms with Crippen LogP contribution in [0.5, 0.6) is 0 Å². The van der Waals surface area contributed by atoms with Gasteiger partial charge < -0.3 is 0 Å². The van der Waals surface area contributed by atoms with Gasteiger partial charge in [0.05, 0.1) is 16.3 Å². The Labute approximate surface area is 143 Å². The summed E-state index contributed by atoms with van der Waals surface area (Å²) < 4.78 is 65.7. The first-order valence-electron chi connectivity index (χ1n) is 7.01. The molecule has 2 aromatic rings. The maximum atomic E-state index is 12.9. The lowest BCUT2D eigenvalue weighted by atomic mass is 10.2. The van der Waals surface area contributed by atoms with Crippen molar-refractivity contribution in [3.05, 3.63) is 59.1 Å². The maximum absolute atomic E-state index is 12.9. The van der Waals surface area contributed by atoms with E-state index in [1.807, 2.05) is 0 Å². The largest absolute Gasteiger partial charge is 0.416 e. The van der Waals surface area contributed by atoms with Gasteiger partial charge in [-0.3, -0.25) is 4.31 Å². The second kappa shape index (κ2) is 6.64. The van der Waals surface area contributed by atoms with Crippen LogP contribution in [0.25, 0.3) is 0 Å². The molecule has 24 heavy (non-hydrogen) atoms. The molecule has 0 aliphatic carbocycles. The lowest BCUT2D eigenvalue weighted by molar-refractivity contribution is -0.137. The third kappa shape index (κ3) is 3.67. The van der Waals surface area contributed by atoms with Crippen LogP contribution < -0.4 is 4.31 Å². The normalized spacial score (nSPS) is 12.5. The number of rotatable bonds is 4. The van der Waals surface area contributed by atoms with Gasteiger partial charge in [-0.2, -0.15) is 13.2 Å². The first kappa shape index (κ1) is 18.6. The van der Waals surface area contributed by atoms with Crippen LogP contribution in [-0.2, 0) is 16.2 Å². The van der Waals surface area contributed by atoms with Crippen molar-refractivity contribution in [2.45, 2.75) is 31.0 Å². The van der Waals surface area contributed by atoms with Gasteiger partial charge in [0, 0.05) is 6.04 Å². The summed E-state index contributed by atoms with van der Waals surface area (Å²) in [6.07, 6.45) is -4.66. The molecule has 0 aliphatic heterocycles. The summed E-state index contributed by atoms with van der Waals surface area (Å²) in [5.74, 6) is 0. The number of alkyl halides is 3. The van der Waals surface area contributed by atoms with E-state index in [1.165, 1.54) is 0 Å². The SMILES string of the molecule is CC(C)N(c1ccccc1)S(=O)(=O)c1cc(C(F)(F)F)ccc1Cl. The zero-order chi connectivity index (χ0) is 18.1. The predicted molar refractivity (Wildman–Crippen MR) is 87.7 cm³/mol. The number of sulfonamides is 1. The summed E-state index contributed by atoms with van der Waals surface area (Å²) in [4.78, 5) is -0.573. The highest BCUT2D eigenvalue weighted by atomic mass is 35.5. The second-order valence-corrected chi connectivity index (χ2v) is 7.56. The van der Waals surface area contributed by atoms with Crippen LogP contribution in [0.3, 0.4) is 0 Å². The molecule has 8 heteroatoms. The van der Waals surface area contributed by atoms with Gasteiger partial charge in [-0.25, -0.2) is 8.42 Å². The molecular formula is C16H15ClF3NO2S. The Balaban J connectivity index is 2.64. The lowest BCUT2D eigenvalue weighted by Crippen LogP contribution is -2.37. The lowest BCUT2D eigenvalue weighted by Gasteiger charge is -2.28.